The first-order chi connectivity index (χ1) is 11.6. The van der Waals surface area contributed by atoms with E-state index in [4.69, 9.17) is 11.6 Å². The second-order valence-corrected chi connectivity index (χ2v) is 6.78. The van der Waals surface area contributed by atoms with Crippen LogP contribution in [0.25, 0.3) is 10.9 Å². The zero-order valence-electron chi connectivity index (χ0n) is 13.5. The van der Waals surface area contributed by atoms with Gasteiger partial charge in [0.2, 0.25) is 0 Å². The van der Waals surface area contributed by atoms with Crippen LogP contribution in [0.5, 0.6) is 0 Å². The van der Waals surface area contributed by atoms with Gasteiger partial charge >= 0.3 is 0 Å². The minimum Gasteiger partial charge on any atom is -0.353 e. The SMILES string of the molecule is Cn1cccc1[C@@H]1CCCN1Cc1nc2cc(Cl)ccc2c(=O)[nH]1. The lowest BCUT2D eigenvalue weighted by molar-refractivity contribution is 0.235. The molecule has 3 aromatic rings. The van der Waals surface area contributed by atoms with Crippen molar-refractivity contribution < 1.29 is 0 Å². The molecule has 1 aliphatic rings. The van der Waals surface area contributed by atoms with Crippen molar-refractivity contribution in [1.82, 2.24) is 19.4 Å². The number of nitrogens with zero attached hydrogens (tertiary/aromatic N) is 3. The third kappa shape index (κ3) is 2.74. The van der Waals surface area contributed by atoms with E-state index in [1.54, 1.807) is 18.2 Å². The van der Waals surface area contributed by atoms with Crippen molar-refractivity contribution in [2.75, 3.05) is 6.54 Å². The number of aryl methyl sites for hydroxylation is 1. The number of halogens is 1. The van der Waals surface area contributed by atoms with Gasteiger partial charge in [-0.05, 0) is 49.7 Å². The van der Waals surface area contributed by atoms with Crippen LogP contribution in [0, 0.1) is 0 Å². The lowest BCUT2D eigenvalue weighted by Gasteiger charge is -2.24. The predicted molar refractivity (Wildman–Crippen MR) is 95.2 cm³/mol. The molecule has 0 unspecified atom stereocenters. The second kappa shape index (κ2) is 6.07. The second-order valence-electron chi connectivity index (χ2n) is 6.35. The normalized spacial score (nSPS) is 18.5. The van der Waals surface area contributed by atoms with Crippen LogP contribution in [-0.2, 0) is 13.6 Å². The zero-order valence-corrected chi connectivity index (χ0v) is 14.3. The van der Waals surface area contributed by atoms with E-state index in [-0.39, 0.29) is 5.56 Å². The topological polar surface area (TPSA) is 53.9 Å². The minimum absolute atomic E-state index is 0.110. The van der Waals surface area contributed by atoms with Gasteiger partial charge in [0.05, 0.1) is 23.5 Å². The van der Waals surface area contributed by atoms with Gasteiger partial charge in [-0.15, -0.1) is 0 Å². The standard InChI is InChI=1S/C18H19ClN4O/c1-22-8-2-4-15(22)16-5-3-9-23(16)11-17-20-14-10-12(19)6-7-13(14)18(24)21-17/h2,4,6-8,10,16H,3,5,9,11H2,1H3,(H,20,21,24)/t16-/m0/s1. The molecule has 1 atom stereocenters. The van der Waals surface area contributed by atoms with Crippen molar-refractivity contribution in [1.29, 1.82) is 0 Å². The number of hydrogen-bond acceptors (Lipinski definition) is 3. The average Bonchev–Trinajstić information content (AvgIpc) is 3.15. The summed E-state index contributed by atoms with van der Waals surface area (Å²) in [4.78, 5) is 22.2. The summed E-state index contributed by atoms with van der Waals surface area (Å²) in [7, 11) is 2.07. The number of aromatic nitrogens is 3. The van der Waals surface area contributed by atoms with Gasteiger partial charge in [-0.3, -0.25) is 9.69 Å². The number of hydrogen-bond donors (Lipinski definition) is 1. The van der Waals surface area contributed by atoms with Gasteiger partial charge in [0, 0.05) is 24.0 Å². The fourth-order valence-corrected chi connectivity index (χ4v) is 3.77. The van der Waals surface area contributed by atoms with Crippen LogP contribution in [-0.4, -0.2) is 26.0 Å². The molecule has 1 N–H and O–H groups in total. The zero-order chi connectivity index (χ0) is 16.7. The average molecular weight is 343 g/mol. The van der Waals surface area contributed by atoms with Crippen molar-refractivity contribution in [2.45, 2.75) is 25.4 Å². The van der Waals surface area contributed by atoms with Gasteiger partial charge < -0.3 is 9.55 Å². The molecule has 1 aromatic carbocycles. The number of fused-ring (bicyclic) bond motifs is 1. The Morgan fingerprint density at radius 3 is 3.04 bits per heavy atom. The maximum Gasteiger partial charge on any atom is 0.258 e. The summed E-state index contributed by atoms with van der Waals surface area (Å²) in [5, 5.41) is 1.16. The van der Waals surface area contributed by atoms with Crippen molar-refractivity contribution in [3.8, 4) is 0 Å². The fourth-order valence-electron chi connectivity index (χ4n) is 3.60. The summed E-state index contributed by atoms with van der Waals surface area (Å²) in [6.07, 6.45) is 4.35. The molecule has 0 bridgehead atoms. The van der Waals surface area contributed by atoms with Crippen LogP contribution in [0.1, 0.15) is 30.4 Å². The highest BCUT2D eigenvalue weighted by molar-refractivity contribution is 6.31. The number of benzene rings is 1. The monoisotopic (exact) mass is 342 g/mol. The van der Waals surface area contributed by atoms with Crippen LogP contribution >= 0.6 is 11.6 Å². The Morgan fingerprint density at radius 2 is 2.25 bits per heavy atom. The fraction of sp³-hybridized carbons (Fsp3) is 0.333. The molecule has 0 aliphatic carbocycles. The number of rotatable bonds is 3. The lowest BCUT2D eigenvalue weighted by Crippen LogP contribution is -2.26. The van der Waals surface area contributed by atoms with Crippen molar-refractivity contribution in [3.63, 3.8) is 0 Å². The largest absolute Gasteiger partial charge is 0.353 e. The molecule has 2 aromatic heterocycles. The Bertz CT molecular complexity index is 946. The molecular weight excluding hydrogens is 324 g/mol. The van der Waals surface area contributed by atoms with E-state index in [1.165, 1.54) is 5.69 Å². The quantitative estimate of drug-likeness (QED) is 0.795. The number of H-pyrrole nitrogens is 1. The summed E-state index contributed by atoms with van der Waals surface area (Å²) < 4.78 is 2.17. The third-order valence-electron chi connectivity index (χ3n) is 4.76. The van der Waals surface area contributed by atoms with Gasteiger partial charge in [-0.2, -0.15) is 0 Å². The van der Waals surface area contributed by atoms with Gasteiger partial charge in [0.15, 0.2) is 0 Å². The molecule has 0 spiro atoms. The maximum absolute atomic E-state index is 12.3. The summed E-state index contributed by atoms with van der Waals surface area (Å²) in [5.41, 5.74) is 1.84. The highest BCUT2D eigenvalue weighted by atomic mass is 35.5. The van der Waals surface area contributed by atoms with Crippen LogP contribution in [0.15, 0.2) is 41.3 Å². The first-order valence-corrected chi connectivity index (χ1v) is 8.53. The third-order valence-corrected chi connectivity index (χ3v) is 4.99. The molecule has 5 nitrogen and oxygen atoms in total. The molecule has 0 saturated carbocycles. The molecule has 4 rings (SSSR count). The molecule has 0 radical (unpaired) electrons. The number of nitrogens with one attached hydrogen (secondary N) is 1. The predicted octanol–water partition coefficient (Wildman–Crippen LogP) is 3.25. The summed E-state index contributed by atoms with van der Waals surface area (Å²) in [6, 6.07) is 9.78. The first kappa shape index (κ1) is 15.4. The van der Waals surface area contributed by atoms with E-state index >= 15 is 0 Å². The van der Waals surface area contributed by atoms with Gasteiger partial charge in [-0.25, -0.2) is 4.98 Å². The molecule has 6 heteroatoms. The molecule has 3 heterocycles. The van der Waals surface area contributed by atoms with Gasteiger partial charge in [-0.1, -0.05) is 11.6 Å². The molecule has 124 valence electrons. The Morgan fingerprint density at radius 1 is 1.38 bits per heavy atom. The van der Waals surface area contributed by atoms with Crippen LogP contribution in [0.3, 0.4) is 0 Å². The Kier molecular flexibility index (Phi) is 3.90. The van der Waals surface area contributed by atoms with Crippen molar-refractivity contribution in [3.05, 3.63) is 63.4 Å². The van der Waals surface area contributed by atoms with Crippen LogP contribution in [0.2, 0.25) is 5.02 Å². The van der Waals surface area contributed by atoms with E-state index in [1.807, 2.05) is 0 Å². The summed E-state index contributed by atoms with van der Waals surface area (Å²) >= 11 is 6.04. The first-order valence-electron chi connectivity index (χ1n) is 8.15. The summed E-state index contributed by atoms with van der Waals surface area (Å²) in [5.74, 6) is 0.691. The molecule has 0 amide bonds. The molecular formula is C18H19ClN4O. The van der Waals surface area contributed by atoms with E-state index in [9.17, 15) is 4.79 Å². The number of likely N-dealkylation sites (tertiary alicyclic amines) is 1. The number of aromatic amines is 1. The van der Waals surface area contributed by atoms with E-state index < -0.39 is 0 Å². The molecule has 1 saturated heterocycles. The minimum atomic E-state index is -0.110. The van der Waals surface area contributed by atoms with Crippen LogP contribution < -0.4 is 5.56 Å². The van der Waals surface area contributed by atoms with E-state index in [0.29, 0.717) is 34.3 Å². The molecule has 1 fully saturated rings. The molecule has 24 heavy (non-hydrogen) atoms. The summed E-state index contributed by atoms with van der Waals surface area (Å²) in [6.45, 7) is 1.64. The highest BCUT2D eigenvalue weighted by Crippen LogP contribution is 2.32. The van der Waals surface area contributed by atoms with Crippen molar-refractivity contribution >= 4 is 22.5 Å². The smallest absolute Gasteiger partial charge is 0.258 e. The highest BCUT2D eigenvalue weighted by Gasteiger charge is 2.28. The Hall–Kier alpha value is -2.11. The van der Waals surface area contributed by atoms with Gasteiger partial charge in [0.25, 0.3) is 5.56 Å². The Balaban J connectivity index is 1.66. The molecule has 1 aliphatic heterocycles. The van der Waals surface area contributed by atoms with Crippen molar-refractivity contribution in [2.24, 2.45) is 7.05 Å². The lowest BCUT2D eigenvalue weighted by atomic mass is 10.1. The van der Waals surface area contributed by atoms with Crippen LogP contribution in [0.4, 0.5) is 0 Å². The van der Waals surface area contributed by atoms with E-state index in [0.717, 1.165) is 19.4 Å². The Labute approximate surface area is 144 Å². The maximum atomic E-state index is 12.3. The van der Waals surface area contributed by atoms with E-state index in [2.05, 4.69) is 44.8 Å². The van der Waals surface area contributed by atoms with Gasteiger partial charge in [0.1, 0.15) is 5.82 Å².